The molecule has 0 aromatic heterocycles. The lowest BCUT2D eigenvalue weighted by molar-refractivity contribution is -0.280. The van der Waals surface area contributed by atoms with Crippen LogP contribution in [0.25, 0.3) is 0 Å². The molecule has 0 unspecified atom stereocenters. The molecule has 5 atom stereocenters. The number of rotatable bonds is 6. The Hall–Kier alpha value is -0.820. The minimum atomic E-state index is -4.90. The van der Waals surface area contributed by atoms with E-state index in [0.717, 1.165) is 32.1 Å². The monoisotopic (exact) mass is 383 g/mol. The van der Waals surface area contributed by atoms with Crippen molar-refractivity contribution < 1.29 is 41.6 Å². The molecule has 25 heavy (non-hydrogen) atoms. The summed E-state index contributed by atoms with van der Waals surface area (Å²) in [6.07, 6.45) is -0.947. The number of hydrogen-bond donors (Lipinski definition) is 4. The van der Waals surface area contributed by atoms with Crippen molar-refractivity contribution in [2.75, 3.05) is 6.61 Å². The molecule has 11 heteroatoms. The van der Waals surface area contributed by atoms with Crippen LogP contribution in [-0.2, 0) is 28.9 Å². The highest BCUT2D eigenvalue weighted by atomic mass is 32.3. The minimum absolute atomic E-state index is 0.124. The zero-order valence-electron chi connectivity index (χ0n) is 13.9. The molecule has 1 amide bonds. The Morgan fingerprint density at radius 3 is 2.44 bits per heavy atom. The third-order valence-electron chi connectivity index (χ3n) is 4.33. The average Bonchev–Trinajstić information content (AvgIpc) is 2.53. The molecule has 1 heterocycles. The van der Waals surface area contributed by atoms with Crippen molar-refractivity contribution in [1.29, 1.82) is 0 Å². The fourth-order valence-electron chi connectivity index (χ4n) is 3.22. The zero-order valence-corrected chi connectivity index (χ0v) is 14.7. The van der Waals surface area contributed by atoms with Crippen LogP contribution in [0.5, 0.6) is 0 Å². The number of carbonyl (C=O) groups is 1. The van der Waals surface area contributed by atoms with Crippen LogP contribution in [0.15, 0.2) is 0 Å². The van der Waals surface area contributed by atoms with Crippen LogP contribution in [0.2, 0.25) is 0 Å². The topological polar surface area (TPSA) is 152 Å². The molecule has 0 radical (unpaired) electrons. The van der Waals surface area contributed by atoms with Crippen LogP contribution in [0.1, 0.15) is 39.0 Å². The number of amides is 1. The first-order chi connectivity index (χ1) is 11.7. The van der Waals surface area contributed by atoms with Crippen molar-refractivity contribution in [3.63, 3.8) is 0 Å². The summed E-state index contributed by atoms with van der Waals surface area (Å²) in [6, 6.07) is -1.12. The maximum absolute atomic E-state index is 11.4. The third kappa shape index (κ3) is 5.84. The smallest absolute Gasteiger partial charge is 0.394 e. The molecule has 2 fully saturated rings. The second-order valence-electron chi connectivity index (χ2n) is 6.33. The Balaban J connectivity index is 2.18. The molecule has 1 aliphatic carbocycles. The van der Waals surface area contributed by atoms with Crippen molar-refractivity contribution in [3.8, 4) is 0 Å². The molecule has 2 aliphatic rings. The Labute approximate surface area is 146 Å². The minimum Gasteiger partial charge on any atom is -0.394 e. The summed E-state index contributed by atoms with van der Waals surface area (Å²) in [6.45, 7) is 0.551. The van der Waals surface area contributed by atoms with Crippen LogP contribution < -0.4 is 5.32 Å². The van der Waals surface area contributed by atoms with E-state index in [1.165, 1.54) is 6.92 Å². The number of hydrogen-bond acceptors (Lipinski definition) is 8. The van der Waals surface area contributed by atoms with Gasteiger partial charge in [0.2, 0.25) is 5.91 Å². The molecule has 1 saturated heterocycles. The second-order valence-corrected chi connectivity index (χ2v) is 7.37. The van der Waals surface area contributed by atoms with Crippen molar-refractivity contribution in [2.45, 2.75) is 75.8 Å². The summed E-state index contributed by atoms with van der Waals surface area (Å²) in [5, 5.41) is 22.3. The fraction of sp³-hybridized carbons (Fsp3) is 0.929. The van der Waals surface area contributed by atoms with E-state index in [1.54, 1.807) is 0 Å². The molecule has 0 spiro atoms. The van der Waals surface area contributed by atoms with Gasteiger partial charge in [-0.3, -0.25) is 9.35 Å². The molecule has 10 nitrogen and oxygen atoms in total. The highest BCUT2D eigenvalue weighted by molar-refractivity contribution is 7.80. The van der Waals surface area contributed by atoms with Crippen LogP contribution in [0.4, 0.5) is 0 Å². The highest BCUT2D eigenvalue weighted by Crippen LogP contribution is 2.29. The van der Waals surface area contributed by atoms with Gasteiger partial charge >= 0.3 is 10.4 Å². The van der Waals surface area contributed by atoms with E-state index in [4.69, 9.17) is 14.0 Å². The molecule has 2 rings (SSSR count). The normalized spacial score (nSPS) is 34.6. The lowest BCUT2D eigenvalue weighted by Crippen LogP contribution is -2.65. The van der Waals surface area contributed by atoms with Gasteiger partial charge < -0.3 is 25.0 Å². The Bertz CT molecular complexity index is 549. The van der Waals surface area contributed by atoms with E-state index in [9.17, 15) is 23.4 Å². The summed E-state index contributed by atoms with van der Waals surface area (Å²) in [5.74, 6) is -0.488. The summed E-state index contributed by atoms with van der Waals surface area (Å²) >= 11 is 0. The van der Waals surface area contributed by atoms with Gasteiger partial charge in [0.1, 0.15) is 24.4 Å². The first-order valence-corrected chi connectivity index (χ1v) is 9.60. The Morgan fingerprint density at radius 2 is 1.92 bits per heavy atom. The number of nitrogens with one attached hydrogen (secondary N) is 1. The van der Waals surface area contributed by atoms with Crippen molar-refractivity contribution in [1.82, 2.24) is 5.32 Å². The molecule has 146 valence electrons. The summed E-state index contributed by atoms with van der Waals surface area (Å²) in [7, 11) is -4.90. The second kappa shape index (κ2) is 8.71. The maximum atomic E-state index is 11.4. The lowest BCUT2D eigenvalue weighted by Gasteiger charge is -2.44. The Morgan fingerprint density at radius 1 is 1.28 bits per heavy atom. The van der Waals surface area contributed by atoms with Gasteiger partial charge in [0.15, 0.2) is 6.29 Å². The molecular weight excluding hydrogens is 358 g/mol. The van der Waals surface area contributed by atoms with Crippen LogP contribution in [-0.4, -0.2) is 72.4 Å². The van der Waals surface area contributed by atoms with Crippen LogP contribution in [0, 0.1) is 0 Å². The van der Waals surface area contributed by atoms with Gasteiger partial charge in [0.25, 0.3) is 0 Å². The summed E-state index contributed by atoms with van der Waals surface area (Å²) in [5.41, 5.74) is 0. The van der Waals surface area contributed by atoms with E-state index in [2.05, 4.69) is 9.50 Å². The van der Waals surface area contributed by atoms with Gasteiger partial charge in [-0.25, -0.2) is 4.18 Å². The molecule has 0 aromatic carbocycles. The van der Waals surface area contributed by atoms with E-state index >= 15 is 0 Å². The molecule has 0 aromatic rings. The fourth-order valence-corrected chi connectivity index (χ4v) is 3.74. The first-order valence-electron chi connectivity index (χ1n) is 8.24. The summed E-state index contributed by atoms with van der Waals surface area (Å²) < 4.78 is 46.7. The SMILES string of the molecule is CC(=O)N[C@H]1[C@H](OC2CCCCC2)O[C@H](CO)[C@H](OS(=O)(=O)O)[C@@H]1O. The van der Waals surface area contributed by atoms with Gasteiger partial charge in [0, 0.05) is 6.92 Å². The first kappa shape index (κ1) is 20.5. The van der Waals surface area contributed by atoms with Crippen LogP contribution in [0.3, 0.4) is 0 Å². The quantitative estimate of drug-likeness (QED) is 0.428. The van der Waals surface area contributed by atoms with Crippen molar-refractivity contribution in [3.05, 3.63) is 0 Å². The van der Waals surface area contributed by atoms with E-state index in [-0.39, 0.29) is 6.10 Å². The number of aliphatic hydroxyl groups excluding tert-OH is 2. The molecular formula is C14H25NO9S. The van der Waals surface area contributed by atoms with Gasteiger partial charge in [-0.1, -0.05) is 19.3 Å². The van der Waals surface area contributed by atoms with E-state index < -0.39 is 53.6 Å². The summed E-state index contributed by atoms with van der Waals surface area (Å²) in [4.78, 5) is 11.4. The number of carbonyl (C=O) groups excluding carboxylic acids is 1. The van der Waals surface area contributed by atoms with Gasteiger partial charge in [-0.15, -0.1) is 0 Å². The zero-order chi connectivity index (χ0) is 18.6. The molecule has 1 aliphatic heterocycles. The van der Waals surface area contributed by atoms with Crippen molar-refractivity contribution in [2.24, 2.45) is 0 Å². The van der Waals surface area contributed by atoms with E-state index in [1.807, 2.05) is 0 Å². The van der Waals surface area contributed by atoms with Gasteiger partial charge in [-0.2, -0.15) is 8.42 Å². The Kier molecular flexibility index (Phi) is 7.14. The molecule has 0 bridgehead atoms. The van der Waals surface area contributed by atoms with Gasteiger partial charge in [-0.05, 0) is 12.8 Å². The van der Waals surface area contributed by atoms with Crippen molar-refractivity contribution >= 4 is 16.3 Å². The molecule has 4 N–H and O–H groups in total. The average molecular weight is 383 g/mol. The standard InChI is InChI=1S/C14H25NO9S/c1-8(17)15-11-12(18)13(24-25(19,20)21)10(7-16)23-14(11)22-9-5-3-2-4-6-9/h9-14,16,18H,2-7H2,1H3,(H,15,17)(H,19,20,21)/t10-,11-,12-,13+,14-/m1/s1. The number of ether oxygens (including phenoxy) is 2. The maximum Gasteiger partial charge on any atom is 0.397 e. The predicted molar refractivity (Wildman–Crippen MR) is 83.7 cm³/mol. The van der Waals surface area contributed by atoms with E-state index in [0.29, 0.717) is 0 Å². The number of aliphatic hydroxyl groups is 2. The lowest BCUT2D eigenvalue weighted by atomic mass is 9.95. The van der Waals surface area contributed by atoms with Gasteiger partial charge in [0.05, 0.1) is 12.7 Å². The largest absolute Gasteiger partial charge is 0.397 e. The molecule has 1 saturated carbocycles. The predicted octanol–water partition coefficient (Wildman–Crippen LogP) is -0.893. The highest BCUT2D eigenvalue weighted by Gasteiger charge is 2.49. The van der Waals surface area contributed by atoms with Crippen LogP contribution >= 0.6 is 0 Å². The third-order valence-corrected chi connectivity index (χ3v) is 4.80.